The molecule has 0 radical (unpaired) electrons. The van der Waals surface area contributed by atoms with Crippen LogP contribution in [0.3, 0.4) is 0 Å². The molecule has 0 aliphatic heterocycles. The molecule has 1 atom stereocenters. The maximum absolute atomic E-state index is 11.2. The van der Waals surface area contributed by atoms with Crippen molar-refractivity contribution in [2.75, 3.05) is 6.54 Å². The standard InChI is InChI=1S/C9H15N3OS/c1-4-10-9(13)12-7(3)8-11-5-6(2)14-8/h5,7H,4H2,1-3H3,(H2,10,12,13). The van der Waals surface area contributed by atoms with Crippen LogP contribution in [0.1, 0.15) is 29.8 Å². The van der Waals surface area contributed by atoms with Crippen LogP contribution in [-0.4, -0.2) is 17.6 Å². The first-order valence-corrected chi connectivity index (χ1v) is 5.41. The fourth-order valence-corrected chi connectivity index (χ4v) is 1.82. The maximum atomic E-state index is 11.2. The predicted octanol–water partition coefficient (Wildman–Crippen LogP) is 1.83. The molecule has 0 fully saturated rings. The van der Waals surface area contributed by atoms with Crippen molar-refractivity contribution in [3.63, 3.8) is 0 Å². The predicted molar refractivity (Wildman–Crippen MR) is 57.5 cm³/mol. The van der Waals surface area contributed by atoms with Crippen molar-refractivity contribution < 1.29 is 4.79 Å². The number of aryl methyl sites for hydroxylation is 1. The van der Waals surface area contributed by atoms with Crippen LogP contribution < -0.4 is 10.6 Å². The highest BCUT2D eigenvalue weighted by Gasteiger charge is 2.11. The van der Waals surface area contributed by atoms with Gasteiger partial charge in [0.25, 0.3) is 0 Å². The van der Waals surface area contributed by atoms with Crippen LogP contribution in [-0.2, 0) is 0 Å². The van der Waals surface area contributed by atoms with Gasteiger partial charge in [-0.3, -0.25) is 0 Å². The second kappa shape index (κ2) is 4.95. The molecule has 5 heteroatoms. The molecule has 78 valence electrons. The van der Waals surface area contributed by atoms with Crippen molar-refractivity contribution in [1.82, 2.24) is 15.6 Å². The van der Waals surface area contributed by atoms with Gasteiger partial charge in [-0.15, -0.1) is 11.3 Å². The molecule has 1 unspecified atom stereocenters. The SMILES string of the molecule is CCNC(=O)NC(C)c1ncc(C)s1. The highest BCUT2D eigenvalue weighted by Crippen LogP contribution is 2.18. The Hall–Kier alpha value is -1.10. The van der Waals surface area contributed by atoms with E-state index in [-0.39, 0.29) is 12.1 Å². The lowest BCUT2D eigenvalue weighted by Crippen LogP contribution is -2.36. The Balaban J connectivity index is 2.50. The van der Waals surface area contributed by atoms with Gasteiger partial charge in [-0.2, -0.15) is 0 Å². The highest BCUT2D eigenvalue weighted by molar-refractivity contribution is 7.11. The summed E-state index contributed by atoms with van der Waals surface area (Å²) in [5, 5.41) is 6.43. The van der Waals surface area contributed by atoms with Gasteiger partial charge >= 0.3 is 6.03 Å². The Labute approximate surface area is 87.7 Å². The Bertz CT molecular complexity index is 311. The number of carbonyl (C=O) groups is 1. The number of rotatable bonds is 3. The Morgan fingerprint density at radius 3 is 2.93 bits per heavy atom. The van der Waals surface area contributed by atoms with E-state index in [1.165, 1.54) is 0 Å². The molecule has 2 N–H and O–H groups in total. The zero-order valence-electron chi connectivity index (χ0n) is 8.63. The molecule has 0 saturated carbocycles. The fourth-order valence-electron chi connectivity index (χ4n) is 1.04. The fraction of sp³-hybridized carbons (Fsp3) is 0.556. The third kappa shape index (κ3) is 2.99. The van der Waals surface area contributed by atoms with Gasteiger partial charge in [0.1, 0.15) is 5.01 Å². The van der Waals surface area contributed by atoms with Crippen molar-refractivity contribution in [1.29, 1.82) is 0 Å². The van der Waals surface area contributed by atoms with Crippen LogP contribution in [0.25, 0.3) is 0 Å². The topological polar surface area (TPSA) is 54.0 Å². The normalized spacial score (nSPS) is 12.2. The molecule has 1 aromatic rings. The second-order valence-corrected chi connectivity index (χ2v) is 4.30. The summed E-state index contributed by atoms with van der Waals surface area (Å²) < 4.78 is 0. The minimum Gasteiger partial charge on any atom is -0.338 e. The van der Waals surface area contributed by atoms with Gasteiger partial charge in [0, 0.05) is 17.6 Å². The number of thiazole rings is 1. The summed E-state index contributed by atoms with van der Waals surface area (Å²) in [4.78, 5) is 16.6. The lowest BCUT2D eigenvalue weighted by Gasteiger charge is -2.11. The molecule has 0 aliphatic rings. The van der Waals surface area contributed by atoms with Crippen molar-refractivity contribution in [3.05, 3.63) is 16.1 Å². The summed E-state index contributed by atoms with van der Waals surface area (Å²) in [6.45, 7) is 6.45. The highest BCUT2D eigenvalue weighted by atomic mass is 32.1. The van der Waals surface area contributed by atoms with E-state index < -0.39 is 0 Å². The zero-order chi connectivity index (χ0) is 10.6. The average molecular weight is 213 g/mol. The van der Waals surface area contributed by atoms with E-state index in [1.807, 2.05) is 27.0 Å². The van der Waals surface area contributed by atoms with E-state index in [1.54, 1.807) is 11.3 Å². The Kier molecular flexibility index (Phi) is 3.88. The number of aromatic nitrogens is 1. The number of carbonyl (C=O) groups excluding carboxylic acids is 1. The number of hydrogen-bond acceptors (Lipinski definition) is 3. The number of urea groups is 1. The molecule has 0 aromatic carbocycles. The van der Waals surface area contributed by atoms with Gasteiger partial charge in [0.2, 0.25) is 0 Å². The molecule has 0 bridgehead atoms. The van der Waals surface area contributed by atoms with E-state index in [4.69, 9.17) is 0 Å². The third-order valence-corrected chi connectivity index (χ3v) is 2.79. The van der Waals surface area contributed by atoms with Crippen LogP contribution in [0.15, 0.2) is 6.20 Å². The smallest absolute Gasteiger partial charge is 0.315 e. The Morgan fingerprint density at radius 2 is 2.43 bits per heavy atom. The van der Waals surface area contributed by atoms with Gasteiger partial charge in [-0.05, 0) is 20.8 Å². The van der Waals surface area contributed by atoms with Crippen LogP contribution in [0.4, 0.5) is 4.79 Å². The minimum atomic E-state index is -0.146. The van der Waals surface area contributed by atoms with Gasteiger partial charge in [-0.1, -0.05) is 0 Å². The molecule has 0 spiro atoms. The van der Waals surface area contributed by atoms with Gasteiger partial charge in [0.15, 0.2) is 0 Å². The average Bonchev–Trinajstić information content (AvgIpc) is 2.52. The molecule has 0 aliphatic carbocycles. The van der Waals surface area contributed by atoms with E-state index in [0.717, 1.165) is 9.88 Å². The minimum absolute atomic E-state index is 0.0275. The monoisotopic (exact) mass is 213 g/mol. The quantitative estimate of drug-likeness (QED) is 0.805. The zero-order valence-corrected chi connectivity index (χ0v) is 9.44. The number of nitrogens with one attached hydrogen (secondary N) is 2. The number of amides is 2. The molecule has 4 nitrogen and oxygen atoms in total. The van der Waals surface area contributed by atoms with Crippen LogP contribution >= 0.6 is 11.3 Å². The van der Waals surface area contributed by atoms with Crippen molar-refractivity contribution in [3.8, 4) is 0 Å². The largest absolute Gasteiger partial charge is 0.338 e. The van der Waals surface area contributed by atoms with Crippen LogP contribution in [0.2, 0.25) is 0 Å². The summed E-state index contributed by atoms with van der Waals surface area (Å²) in [6.07, 6.45) is 1.82. The molecule has 1 rings (SSSR count). The molecule has 1 aromatic heterocycles. The molecule has 14 heavy (non-hydrogen) atoms. The van der Waals surface area contributed by atoms with Gasteiger partial charge in [0.05, 0.1) is 6.04 Å². The van der Waals surface area contributed by atoms with Crippen molar-refractivity contribution >= 4 is 17.4 Å². The summed E-state index contributed by atoms with van der Waals surface area (Å²) in [5.74, 6) is 0. The summed E-state index contributed by atoms with van der Waals surface area (Å²) in [5.41, 5.74) is 0. The van der Waals surface area contributed by atoms with Gasteiger partial charge in [-0.25, -0.2) is 9.78 Å². The molecular weight excluding hydrogens is 198 g/mol. The van der Waals surface area contributed by atoms with Crippen molar-refractivity contribution in [2.45, 2.75) is 26.8 Å². The van der Waals surface area contributed by atoms with Crippen LogP contribution in [0, 0.1) is 6.92 Å². The molecule has 0 saturated heterocycles. The number of hydrogen-bond donors (Lipinski definition) is 2. The van der Waals surface area contributed by atoms with Gasteiger partial charge < -0.3 is 10.6 Å². The lowest BCUT2D eigenvalue weighted by atomic mass is 10.4. The third-order valence-electron chi connectivity index (χ3n) is 1.69. The van der Waals surface area contributed by atoms with E-state index in [9.17, 15) is 4.79 Å². The Morgan fingerprint density at radius 1 is 1.71 bits per heavy atom. The van der Waals surface area contributed by atoms with E-state index >= 15 is 0 Å². The van der Waals surface area contributed by atoms with Crippen LogP contribution in [0.5, 0.6) is 0 Å². The summed E-state index contributed by atoms with van der Waals surface area (Å²) in [6, 6.07) is -0.173. The lowest BCUT2D eigenvalue weighted by molar-refractivity contribution is 0.238. The first-order chi connectivity index (χ1) is 6.63. The number of nitrogens with zero attached hydrogens (tertiary/aromatic N) is 1. The summed E-state index contributed by atoms with van der Waals surface area (Å²) in [7, 11) is 0. The first kappa shape index (κ1) is 11.0. The second-order valence-electron chi connectivity index (χ2n) is 3.03. The molecule has 1 heterocycles. The van der Waals surface area contributed by atoms with E-state index in [2.05, 4.69) is 15.6 Å². The van der Waals surface area contributed by atoms with Crippen molar-refractivity contribution in [2.24, 2.45) is 0 Å². The van der Waals surface area contributed by atoms with E-state index in [0.29, 0.717) is 6.54 Å². The first-order valence-electron chi connectivity index (χ1n) is 4.60. The maximum Gasteiger partial charge on any atom is 0.315 e. The molecule has 2 amide bonds. The summed E-state index contributed by atoms with van der Waals surface area (Å²) >= 11 is 1.60. The molecular formula is C9H15N3OS.